The fourth-order valence-electron chi connectivity index (χ4n) is 3.10. The van der Waals surface area contributed by atoms with E-state index in [0.717, 1.165) is 7.11 Å². The van der Waals surface area contributed by atoms with Gasteiger partial charge in [0.1, 0.15) is 5.69 Å². The monoisotopic (exact) mass is 419 g/mol. The Hall–Kier alpha value is -3.04. The highest BCUT2D eigenvalue weighted by molar-refractivity contribution is 6.12. The van der Waals surface area contributed by atoms with Gasteiger partial charge in [-0.15, -0.1) is 0 Å². The number of aromatic nitrogens is 1. The lowest BCUT2D eigenvalue weighted by molar-refractivity contribution is -0.144. The van der Waals surface area contributed by atoms with Crippen LogP contribution in [0.2, 0.25) is 0 Å². The van der Waals surface area contributed by atoms with Gasteiger partial charge in [0.2, 0.25) is 0 Å². The summed E-state index contributed by atoms with van der Waals surface area (Å²) in [6.07, 6.45) is -10.9. The van der Waals surface area contributed by atoms with E-state index in [0.29, 0.717) is 22.3 Å². The number of ketones is 1. The number of Topliss-reactive ketones (excluding diaryl/α,β-unsaturated/α-hetero) is 1. The smallest absolute Gasteiger partial charge is 0.454 e. The van der Waals surface area contributed by atoms with Gasteiger partial charge in [0.25, 0.3) is 5.78 Å². The number of nitrogens with zero attached hydrogens (tertiary/aromatic N) is 1. The van der Waals surface area contributed by atoms with E-state index in [-0.39, 0.29) is 0 Å². The highest BCUT2D eigenvalue weighted by Gasteiger charge is 2.48. The zero-order chi connectivity index (χ0) is 21.6. The molecule has 0 saturated heterocycles. The molecule has 0 atom stereocenters. The van der Waals surface area contributed by atoms with Gasteiger partial charge in [0, 0.05) is 18.0 Å². The molecule has 0 unspecified atom stereocenters. The molecule has 1 aromatic heterocycles. The molecule has 3 rings (SSSR count). The molecule has 3 nitrogen and oxygen atoms in total. The molecule has 1 heterocycles. The topological polar surface area (TPSA) is 31.2 Å². The number of methoxy groups -OCH3 is 1. The maximum Gasteiger partial charge on any atom is 0.454 e. The van der Waals surface area contributed by atoms with Crippen molar-refractivity contribution < 1.29 is 40.3 Å². The molecular formula is C19H12F7NO2. The molecule has 154 valence electrons. The highest BCUT2D eigenvalue weighted by atomic mass is 19.4. The van der Waals surface area contributed by atoms with Crippen LogP contribution in [0.15, 0.2) is 42.5 Å². The van der Waals surface area contributed by atoms with E-state index < -0.39 is 58.4 Å². The Morgan fingerprint density at radius 1 is 1.03 bits per heavy atom. The van der Waals surface area contributed by atoms with Crippen molar-refractivity contribution in [3.05, 3.63) is 65.1 Å². The van der Waals surface area contributed by atoms with Crippen LogP contribution < -0.4 is 4.74 Å². The third kappa shape index (κ3) is 3.79. The average molecular weight is 419 g/mol. The van der Waals surface area contributed by atoms with Crippen molar-refractivity contribution in [2.45, 2.75) is 18.9 Å². The zero-order valence-electron chi connectivity index (χ0n) is 14.7. The number of fused-ring (bicyclic) bond motifs is 1. The van der Waals surface area contributed by atoms with E-state index in [4.69, 9.17) is 0 Å². The summed E-state index contributed by atoms with van der Waals surface area (Å²) in [7, 11) is 1.00. The number of rotatable bonds is 4. The van der Waals surface area contributed by atoms with E-state index in [2.05, 4.69) is 4.74 Å². The average Bonchev–Trinajstić information content (AvgIpc) is 2.93. The second-order valence-corrected chi connectivity index (χ2v) is 6.12. The van der Waals surface area contributed by atoms with Gasteiger partial charge in [-0.05, 0) is 11.6 Å². The lowest BCUT2D eigenvalue weighted by Crippen LogP contribution is -2.26. The highest BCUT2D eigenvalue weighted by Crippen LogP contribution is 2.42. The van der Waals surface area contributed by atoms with Crippen LogP contribution in [0, 0.1) is 5.82 Å². The van der Waals surface area contributed by atoms with Crippen LogP contribution in [-0.2, 0) is 12.7 Å². The van der Waals surface area contributed by atoms with Gasteiger partial charge in [-0.25, -0.2) is 4.39 Å². The molecule has 0 aliphatic rings. The van der Waals surface area contributed by atoms with Crippen molar-refractivity contribution in [1.29, 1.82) is 0 Å². The zero-order valence-corrected chi connectivity index (χ0v) is 14.7. The van der Waals surface area contributed by atoms with Gasteiger partial charge in [0.15, 0.2) is 11.6 Å². The fraction of sp³-hybridized carbons (Fsp3) is 0.211. The molecule has 2 aromatic carbocycles. The number of alkyl halides is 6. The summed E-state index contributed by atoms with van der Waals surface area (Å²) in [5.74, 6) is -4.33. The Labute approximate surface area is 159 Å². The Morgan fingerprint density at radius 2 is 1.66 bits per heavy atom. The van der Waals surface area contributed by atoms with Gasteiger partial charge < -0.3 is 9.30 Å². The summed E-state index contributed by atoms with van der Waals surface area (Å²) < 4.78 is 100. The van der Waals surface area contributed by atoms with Crippen LogP contribution in [-0.4, -0.2) is 23.6 Å². The minimum absolute atomic E-state index is 0.317. The third-order valence-corrected chi connectivity index (χ3v) is 4.27. The van der Waals surface area contributed by atoms with Crippen molar-refractivity contribution in [2.75, 3.05) is 7.11 Å². The van der Waals surface area contributed by atoms with E-state index >= 15 is 0 Å². The summed E-state index contributed by atoms with van der Waals surface area (Å²) in [5, 5.41) is -0.700. The molecule has 0 amide bonds. The number of halogens is 7. The van der Waals surface area contributed by atoms with Crippen LogP contribution in [0.3, 0.4) is 0 Å². The quantitative estimate of drug-likeness (QED) is 0.407. The minimum atomic E-state index is -5.56. The maximum absolute atomic E-state index is 14.2. The first-order valence-electron chi connectivity index (χ1n) is 8.07. The number of hydrogen-bond acceptors (Lipinski definition) is 2. The van der Waals surface area contributed by atoms with Crippen LogP contribution in [0.4, 0.5) is 30.7 Å². The molecule has 0 saturated carbocycles. The van der Waals surface area contributed by atoms with Gasteiger partial charge in [0.05, 0.1) is 18.2 Å². The molecule has 0 aliphatic heterocycles. The van der Waals surface area contributed by atoms with Crippen LogP contribution in [0.25, 0.3) is 10.9 Å². The second kappa shape index (κ2) is 7.09. The summed E-state index contributed by atoms with van der Waals surface area (Å²) in [6, 6.07) is 8.86. The molecule has 0 bridgehead atoms. The van der Waals surface area contributed by atoms with Gasteiger partial charge in [-0.2, -0.15) is 26.3 Å². The molecule has 0 radical (unpaired) electrons. The molecule has 0 spiro atoms. The standard InChI is InChI=1S/C19H12F7NO2/c1-29-14-7-11-13(8-12(14)20)27(9-10-5-3-2-4-6-10)16(18(21,22)23)15(11)17(28)19(24,25)26/h2-8H,9H2,1H3. The first-order valence-corrected chi connectivity index (χ1v) is 8.07. The Morgan fingerprint density at radius 3 is 2.17 bits per heavy atom. The van der Waals surface area contributed by atoms with Gasteiger partial charge >= 0.3 is 12.4 Å². The lowest BCUT2D eigenvalue weighted by Gasteiger charge is -2.15. The van der Waals surface area contributed by atoms with E-state index in [1.54, 1.807) is 6.07 Å². The molecular weight excluding hydrogens is 407 g/mol. The minimum Gasteiger partial charge on any atom is -0.494 e. The van der Waals surface area contributed by atoms with Crippen molar-refractivity contribution in [2.24, 2.45) is 0 Å². The molecule has 0 fully saturated rings. The van der Waals surface area contributed by atoms with E-state index in [1.807, 2.05) is 0 Å². The Bertz CT molecular complexity index is 1070. The lowest BCUT2D eigenvalue weighted by atomic mass is 10.1. The second-order valence-electron chi connectivity index (χ2n) is 6.12. The molecule has 29 heavy (non-hydrogen) atoms. The summed E-state index contributed by atoms with van der Waals surface area (Å²) in [4.78, 5) is 11.9. The van der Waals surface area contributed by atoms with Crippen LogP contribution in [0.5, 0.6) is 5.75 Å². The molecule has 10 heteroatoms. The van der Waals surface area contributed by atoms with Gasteiger partial charge in [-0.1, -0.05) is 30.3 Å². The number of carbonyl (C=O) groups is 1. The van der Waals surface area contributed by atoms with Gasteiger partial charge in [-0.3, -0.25) is 4.79 Å². The SMILES string of the molecule is COc1cc2c(C(=O)C(F)(F)F)c(C(F)(F)F)n(Cc3ccccc3)c2cc1F. The van der Waals surface area contributed by atoms with Crippen molar-refractivity contribution in [3.63, 3.8) is 0 Å². The van der Waals surface area contributed by atoms with Crippen molar-refractivity contribution in [1.82, 2.24) is 4.57 Å². The normalized spacial score (nSPS) is 12.4. The number of benzene rings is 2. The van der Waals surface area contributed by atoms with Crippen LogP contribution >= 0.6 is 0 Å². The Balaban J connectivity index is 2.44. The van der Waals surface area contributed by atoms with Crippen molar-refractivity contribution in [3.8, 4) is 5.75 Å². The summed E-state index contributed by atoms with van der Waals surface area (Å²) >= 11 is 0. The first-order chi connectivity index (χ1) is 13.4. The third-order valence-electron chi connectivity index (χ3n) is 4.27. The van der Waals surface area contributed by atoms with E-state index in [1.165, 1.54) is 24.3 Å². The molecule has 0 aliphatic carbocycles. The largest absolute Gasteiger partial charge is 0.494 e. The summed E-state index contributed by atoms with van der Waals surface area (Å²) in [5.41, 5.74) is -3.58. The predicted molar refractivity (Wildman–Crippen MR) is 89.4 cm³/mol. The molecule has 0 N–H and O–H groups in total. The fourth-order valence-corrected chi connectivity index (χ4v) is 3.10. The predicted octanol–water partition coefficient (Wildman–Crippen LogP) is 5.60. The first kappa shape index (κ1) is 20.7. The van der Waals surface area contributed by atoms with Crippen molar-refractivity contribution >= 4 is 16.7 Å². The van der Waals surface area contributed by atoms with Crippen LogP contribution in [0.1, 0.15) is 21.6 Å². The summed E-state index contributed by atoms with van der Waals surface area (Å²) in [6.45, 7) is -0.525. The Kier molecular flexibility index (Phi) is 5.06. The number of carbonyl (C=O) groups excluding carboxylic acids is 1. The maximum atomic E-state index is 14.2. The number of ether oxygens (including phenoxy) is 1. The van der Waals surface area contributed by atoms with E-state index in [9.17, 15) is 35.5 Å². The molecule has 3 aromatic rings. The number of hydrogen-bond donors (Lipinski definition) is 0.